The molecule has 0 bridgehead atoms. The molecule has 0 unspecified atom stereocenters. The van der Waals surface area contributed by atoms with Crippen molar-refractivity contribution < 1.29 is 23.1 Å². The monoisotopic (exact) mass is 349 g/mol. The van der Waals surface area contributed by atoms with Crippen LogP contribution >= 0.6 is 0 Å². The number of rotatable bonds is 6. The van der Waals surface area contributed by atoms with E-state index in [0.29, 0.717) is 5.69 Å². The first-order valence-corrected chi connectivity index (χ1v) is 7.40. The van der Waals surface area contributed by atoms with Crippen molar-refractivity contribution in [3.63, 3.8) is 0 Å². The summed E-state index contributed by atoms with van der Waals surface area (Å²) in [6.07, 6.45) is -0.888. The first-order chi connectivity index (χ1) is 11.8. The molecule has 0 aliphatic rings. The van der Waals surface area contributed by atoms with Crippen LogP contribution in [0.3, 0.4) is 0 Å². The zero-order chi connectivity index (χ0) is 18.4. The highest BCUT2D eigenvalue weighted by molar-refractivity contribution is 5.87. The Morgan fingerprint density at radius 1 is 1.12 bits per heavy atom. The molecule has 0 heterocycles. The number of nitrogens with two attached hydrogens (primary N) is 1. The van der Waals surface area contributed by atoms with E-state index in [1.54, 1.807) is 24.3 Å². The van der Waals surface area contributed by atoms with E-state index in [9.17, 15) is 18.4 Å². The molecule has 25 heavy (non-hydrogen) atoms. The Morgan fingerprint density at radius 3 is 2.40 bits per heavy atom. The number of hydrogen-bond acceptors (Lipinski definition) is 3. The fourth-order valence-electron chi connectivity index (χ4n) is 1.99. The molecule has 0 saturated carbocycles. The predicted octanol–water partition coefficient (Wildman–Crippen LogP) is 2.54. The molecule has 3 amide bonds. The third-order valence-corrected chi connectivity index (χ3v) is 3.26. The van der Waals surface area contributed by atoms with E-state index in [1.807, 2.05) is 0 Å². The fourth-order valence-corrected chi connectivity index (χ4v) is 1.99. The Bertz CT molecular complexity index is 766. The van der Waals surface area contributed by atoms with Crippen molar-refractivity contribution in [1.82, 2.24) is 5.32 Å². The number of nitrogens with one attached hydrogen (secondary N) is 2. The summed E-state index contributed by atoms with van der Waals surface area (Å²) < 4.78 is 31.3. The van der Waals surface area contributed by atoms with Gasteiger partial charge in [0.15, 0.2) is 17.7 Å². The van der Waals surface area contributed by atoms with Gasteiger partial charge in [-0.2, -0.15) is 0 Å². The molecule has 6 nitrogen and oxygen atoms in total. The topological polar surface area (TPSA) is 93.4 Å². The summed E-state index contributed by atoms with van der Waals surface area (Å²) in [5, 5.41) is 5.09. The largest absolute Gasteiger partial charge is 0.481 e. The van der Waals surface area contributed by atoms with Crippen LogP contribution in [0.25, 0.3) is 0 Å². The Balaban J connectivity index is 1.86. The minimum absolute atomic E-state index is 0.0587. The molecule has 0 radical (unpaired) electrons. The lowest BCUT2D eigenvalue weighted by molar-refractivity contribution is -0.127. The number of halogens is 2. The van der Waals surface area contributed by atoms with Crippen molar-refractivity contribution >= 4 is 17.6 Å². The SMILES string of the molecule is C[C@@H](Oc1ccc(F)c(F)c1)C(=O)NCc1ccc(NC(N)=O)cc1. The number of hydrogen-bond donors (Lipinski definition) is 3. The first-order valence-electron chi connectivity index (χ1n) is 7.40. The van der Waals surface area contributed by atoms with Gasteiger partial charge < -0.3 is 21.1 Å². The van der Waals surface area contributed by atoms with Crippen molar-refractivity contribution in [2.45, 2.75) is 19.6 Å². The molecule has 2 aromatic carbocycles. The number of benzene rings is 2. The summed E-state index contributed by atoms with van der Waals surface area (Å²) in [6.45, 7) is 1.73. The quantitative estimate of drug-likeness (QED) is 0.748. The van der Waals surface area contributed by atoms with Crippen LogP contribution in [-0.4, -0.2) is 18.0 Å². The van der Waals surface area contributed by atoms with Crippen LogP contribution in [0.5, 0.6) is 5.75 Å². The van der Waals surface area contributed by atoms with Gasteiger partial charge in [0.2, 0.25) is 0 Å². The van der Waals surface area contributed by atoms with E-state index < -0.39 is 29.7 Å². The summed E-state index contributed by atoms with van der Waals surface area (Å²) in [4.78, 5) is 22.7. The molecule has 8 heteroatoms. The number of carbonyl (C=O) groups excluding carboxylic acids is 2. The second kappa shape index (κ2) is 8.09. The molecule has 2 rings (SSSR count). The van der Waals surface area contributed by atoms with Crippen molar-refractivity contribution in [1.29, 1.82) is 0 Å². The van der Waals surface area contributed by atoms with Gasteiger partial charge in [-0.1, -0.05) is 12.1 Å². The molecular weight excluding hydrogens is 332 g/mol. The van der Waals surface area contributed by atoms with Gasteiger partial charge in [-0.3, -0.25) is 4.79 Å². The highest BCUT2D eigenvalue weighted by Crippen LogP contribution is 2.17. The van der Waals surface area contributed by atoms with Crippen LogP contribution in [0.1, 0.15) is 12.5 Å². The molecule has 4 N–H and O–H groups in total. The molecule has 132 valence electrons. The highest BCUT2D eigenvalue weighted by Gasteiger charge is 2.15. The van der Waals surface area contributed by atoms with Crippen molar-refractivity contribution in [3.05, 3.63) is 59.7 Å². The third kappa shape index (κ3) is 5.45. The number of urea groups is 1. The average molecular weight is 349 g/mol. The number of anilines is 1. The smallest absolute Gasteiger partial charge is 0.316 e. The van der Waals surface area contributed by atoms with Crippen molar-refractivity contribution in [2.24, 2.45) is 5.73 Å². The summed E-state index contributed by atoms with van der Waals surface area (Å²) in [6, 6.07) is 9.11. The van der Waals surface area contributed by atoms with Crippen molar-refractivity contribution in [3.8, 4) is 5.75 Å². The lowest BCUT2D eigenvalue weighted by Crippen LogP contribution is -2.35. The molecule has 0 aromatic heterocycles. The maximum Gasteiger partial charge on any atom is 0.316 e. The van der Waals surface area contributed by atoms with E-state index in [1.165, 1.54) is 13.0 Å². The van der Waals surface area contributed by atoms with E-state index in [0.717, 1.165) is 17.7 Å². The average Bonchev–Trinajstić information content (AvgIpc) is 2.56. The van der Waals surface area contributed by atoms with Gasteiger partial charge in [0, 0.05) is 18.3 Å². The maximum atomic E-state index is 13.1. The van der Waals surface area contributed by atoms with E-state index >= 15 is 0 Å². The predicted molar refractivity (Wildman–Crippen MR) is 87.9 cm³/mol. The van der Waals surface area contributed by atoms with Crippen LogP contribution in [0.15, 0.2) is 42.5 Å². The lowest BCUT2D eigenvalue weighted by atomic mass is 10.2. The van der Waals surface area contributed by atoms with Gasteiger partial charge in [0.1, 0.15) is 5.75 Å². The van der Waals surface area contributed by atoms with Crippen LogP contribution in [0.4, 0.5) is 19.3 Å². The Hall–Kier alpha value is -3.16. The van der Waals surface area contributed by atoms with Crippen LogP contribution in [0, 0.1) is 11.6 Å². The molecule has 0 aliphatic carbocycles. The first kappa shape index (κ1) is 18.2. The summed E-state index contributed by atoms with van der Waals surface area (Å²) in [5.74, 6) is -2.39. The van der Waals surface area contributed by atoms with Crippen LogP contribution < -0.4 is 21.1 Å². The maximum absolute atomic E-state index is 13.1. The zero-order valence-electron chi connectivity index (χ0n) is 13.4. The molecule has 0 fully saturated rings. The fraction of sp³-hybridized carbons (Fsp3) is 0.176. The molecule has 1 atom stereocenters. The van der Waals surface area contributed by atoms with Gasteiger partial charge in [0.25, 0.3) is 5.91 Å². The lowest BCUT2D eigenvalue weighted by Gasteiger charge is -2.15. The normalized spacial score (nSPS) is 11.5. The second-order valence-electron chi connectivity index (χ2n) is 5.24. The Kier molecular flexibility index (Phi) is 5.89. The number of carbonyl (C=O) groups is 2. The molecule has 0 saturated heterocycles. The molecule has 2 aromatic rings. The van der Waals surface area contributed by atoms with Crippen LogP contribution in [0.2, 0.25) is 0 Å². The Labute approximate surface area is 143 Å². The summed E-state index contributed by atoms with van der Waals surface area (Å²) in [5.41, 5.74) is 6.34. The van der Waals surface area contributed by atoms with Crippen molar-refractivity contribution in [2.75, 3.05) is 5.32 Å². The van der Waals surface area contributed by atoms with Gasteiger partial charge in [-0.25, -0.2) is 13.6 Å². The molecular formula is C17H17F2N3O3. The van der Waals surface area contributed by atoms with Crippen LogP contribution in [-0.2, 0) is 11.3 Å². The minimum Gasteiger partial charge on any atom is -0.481 e. The number of amides is 3. The summed E-state index contributed by atoms with van der Waals surface area (Å²) in [7, 11) is 0. The molecule has 0 aliphatic heterocycles. The zero-order valence-corrected chi connectivity index (χ0v) is 13.4. The van der Waals surface area contributed by atoms with E-state index in [-0.39, 0.29) is 12.3 Å². The van der Waals surface area contributed by atoms with Gasteiger partial charge in [-0.15, -0.1) is 0 Å². The Morgan fingerprint density at radius 2 is 1.80 bits per heavy atom. The third-order valence-electron chi connectivity index (χ3n) is 3.26. The van der Waals surface area contributed by atoms with Gasteiger partial charge >= 0.3 is 6.03 Å². The number of ether oxygens (including phenoxy) is 1. The second-order valence-corrected chi connectivity index (χ2v) is 5.24. The highest BCUT2D eigenvalue weighted by atomic mass is 19.2. The van der Waals surface area contributed by atoms with E-state index in [4.69, 9.17) is 10.5 Å². The van der Waals surface area contributed by atoms with Gasteiger partial charge in [0.05, 0.1) is 0 Å². The summed E-state index contributed by atoms with van der Waals surface area (Å²) >= 11 is 0. The minimum atomic E-state index is -1.05. The standard InChI is InChI=1S/C17H17F2N3O3/c1-10(25-13-6-7-14(18)15(19)8-13)16(23)21-9-11-2-4-12(5-3-11)22-17(20)24/h2-8,10H,9H2,1H3,(H,21,23)(H3,20,22,24)/t10-/m1/s1. The van der Waals surface area contributed by atoms with Gasteiger partial charge in [-0.05, 0) is 36.8 Å². The molecule has 0 spiro atoms. The van der Waals surface area contributed by atoms with E-state index in [2.05, 4.69) is 10.6 Å². The number of primary amides is 1.